The van der Waals surface area contributed by atoms with Crippen molar-refractivity contribution in [1.29, 1.82) is 0 Å². The van der Waals surface area contributed by atoms with Crippen molar-refractivity contribution in [1.82, 2.24) is 9.78 Å². The number of nitrogens with zero attached hydrogens (tertiary/aromatic N) is 2. The van der Waals surface area contributed by atoms with Crippen molar-refractivity contribution in [2.75, 3.05) is 0 Å². The summed E-state index contributed by atoms with van der Waals surface area (Å²) in [5.41, 5.74) is 2.34. The topological polar surface area (TPSA) is 44.1 Å². The molecule has 1 aromatic heterocycles. The third-order valence-corrected chi connectivity index (χ3v) is 2.96. The first kappa shape index (κ1) is 15.0. The zero-order valence-electron chi connectivity index (χ0n) is 12.8. The summed E-state index contributed by atoms with van der Waals surface area (Å²) in [7, 11) is 1.81. The largest absolute Gasteiger partial charge is 0.491 e. The van der Waals surface area contributed by atoms with Crippen molar-refractivity contribution in [3.63, 3.8) is 0 Å². The molecule has 0 aliphatic heterocycles. The van der Waals surface area contributed by atoms with Crippen LogP contribution in [0, 0.1) is 6.92 Å². The van der Waals surface area contributed by atoms with E-state index >= 15 is 0 Å². The molecule has 21 heavy (non-hydrogen) atoms. The summed E-state index contributed by atoms with van der Waals surface area (Å²) in [6.07, 6.45) is 5.26. The number of aryl methyl sites for hydroxylation is 2. The smallest absolute Gasteiger partial charge is 0.189 e. The molecule has 4 nitrogen and oxygen atoms in total. The predicted octanol–water partition coefficient (Wildman–Crippen LogP) is 3.41. The van der Waals surface area contributed by atoms with Crippen molar-refractivity contribution in [3.8, 4) is 5.75 Å². The first-order valence-electron chi connectivity index (χ1n) is 6.95. The maximum atomic E-state index is 12.1. The third kappa shape index (κ3) is 4.05. The second kappa shape index (κ2) is 6.39. The van der Waals surface area contributed by atoms with Crippen molar-refractivity contribution in [2.24, 2.45) is 7.05 Å². The number of hydrogen-bond donors (Lipinski definition) is 0. The van der Waals surface area contributed by atoms with Gasteiger partial charge >= 0.3 is 0 Å². The molecule has 1 aromatic carbocycles. The summed E-state index contributed by atoms with van der Waals surface area (Å²) in [6, 6.07) is 7.66. The van der Waals surface area contributed by atoms with E-state index in [-0.39, 0.29) is 11.9 Å². The van der Waals surface area contributed by atoms with E-state index in [1.807, 2.05) is 45.0 Å². The maximum absolute atomic E-state index is 12.1. The molecule has 0 N–H and O–H groups in total. The van der Waals surface area contributed by atoms with E-state index in [4.69, 9.17) is 4.74 Å². The zero-order chi connectivity index (χ0) is 15.4. The monoisotopic (exact) mass is 284 g/mol. The molecule has 4 heteroatoms. The number of carbonyl (C=O) groups excluding carboxylic acids is 1. The van der Waals surface area contributed by atoms with E-state index < -0.39 is 0 Å². The molecule has 0 aliphatic carbocycles. The molecule has 0 radical (unpaired) electrons. The van der Waals surface area contributed by atoms with Gasteiger partial charge in [0.05, 0.1) is 17.4 Å². The second-order valence-electron chi connectivity index (χ2n) is 5.24. The van der Waals surface area contributed by atoms with E-state index in [9.17, 15) is 4.79 Å². The van der Waals surface area contributed by atoms with Crippen LogP contribution in [-0.4, -0.2) is 21.7 Å². The summed E-state index contributed by atoms with van der Waals surface area (Å²) in [4.78, 5) is 12.1. The molecule has 0 unspecified atom stereocenters. The van der Waals surface area contributed by atoms with Crippen molar-refractivity contribution in [3.05, 3.63) is 53.4 Å². The number of carbonyl (C=O) groups is 1. The first-order chi connectivity index (χ1) is 9.95. The molecule has 0 aliphatic rings. The highest BCUT2D eigenvalue weighted by molar-refractivity contribution is 6.07. The van der Waals surface area contributed by atoms with Gasteiger partial charge in [0.2, 0.25) is 0 Å². The minimum absolute atomic E-state index is 0.0388. The Balaban J connectivity index is 2.07. The van der Waals surface area contributed by atoms with E-state index in [1.54, 1.807) is 30.1 Å². The molecule has 2 aromatic rings. The van der Waals surface area contributed by atoms with Gasteiger partial charge in [-0.25, -0.2) is 0 Å². The van der Waals surface area contributed by atoms with Gasteiger partial charge in [0.1, 0.15) is 5.75 Å². The highest BCUT2D eigenvalue weighted by Gasteiger charge is 2.09. The minimum Gasteiger partial charge on any atom is -0.491 e. The van der Waals surface area contributed by atoms with Crippen LogP contribution in [0.1, 0.15) is 35.5 Å². The molecule has 0 spiro atoms. The molecule has 0 fully saturated rings. The lowest BCUT2D eigenvalue weighted by molar-refractivity contribution is 0.104. The van der Waals surface area contributed by atoms with Crippen LogP contribution in [0.4, 0.5) is 0 Å². The van der Waals surface area contributed by atoms with Gasteiger partial charge in [-0.3, -0.25) is 9.48 Å². The average molecular weight is 284 g/mol. The van der Waals surface area contributed by atoms with E-state index in [2.05, 4.69) is 5.10 Å². The second-order valence-corrected chi connectivity index (χ2v) is 5.24. The van der Waals surface area contributed by atoms with Crippen molar-refractivity contribution < 1.29 is 9.53 Å². The van der Waals surface area contributed by atoms with Crippen LogP contribution < -0.4 is 4.74 Å². The van der Waals surface area contributed by atoms with Gasteiger partial charge in [-0.2, -0.15) is 5.10 Å². The average Bonchev–Trinajstić information content (AvgIpc) is 2.76. The van der Waals surface area contributed by atoms with Crippen molar-refractivity contribution in [2.45, 2.75) is 26.9 Å². The van der Waals surface area contributed by atoms with Gasteiger partial charge < -0.3 is 4.74 Å². The van der Waals surface area contributed by atoms with Crippen LogP contribution in [0.25, 0.3) is 6.08 Å². The summed E-state index contributed by atoms with van der Waals surface area (Å²) >= 11 is 0. The summed E-state index contributed by atoms with van der Waals surface area (Å²) < 4.78 is 7.23. The fourth-order valence-electron chi connectivity index (χ4n) is 2.03. The number of rotatable bonds is 5. The molecular weight excluding hydrogens is 264 g/mol. The lowest BCUT2D eigenvalue weighted by atomic mass is 10.1. The molecule has 110 valence electrons. The van der Waals surface area contributed by atoms with Gasteiger partial charge in [-0.15, -0.1) is 0 Å². The Morgan fingerprint density at radius 2 is 1.95 bits per heavy atom. The summed E-state index contributed by atoms with van der Waals surface area (Å²) in [5.74, 6) is 0.791. The van der Waals surface area contributed by atoms with Gasteiger partial charge in [0, 0.05) is 13.2 Å². The van der Waals surface area contributed by atoms with E-state index in [0.29, 0.717) is 5.56 Å². The predicted molar refractivity (Wildman–Crippen MR) is 83.5 cm³/mol. The Labute approximate surface area is 125 Å². The quantitative estimate of drug-likeness (QED) is 0.624. The molecule has 0 saturated heterocycles. The van der Waals surface area contributed by atoms with Crippen molar-refractivity contribution >= 4 is 11.9 Å². The first-order valence-corrected chi connectivity index (χ1v) is 6.95. The Morgan fingerprint density at radius 3 is 2.48 bits per heavy atom. The minimum atomic E-state index is -0.0388. The molecule has 0 amide bonds. The van der Waals surface area contributed by atoms with E-state index in [1.165, 1.54) is 0 Å². The fourth-order valence-corrected chi connectivity index (χ4v) is 2.03. The molecule has 1 heterocycles. The third-order valence-electron chi connectivity index (χ3n) is 2.96. The number of benzene rings is 1. The van der Waals surface area contributed by atoms with Gasteiger partial charge in [-0.05, 0) is 44.5 Å². The highest BCUT2D eigenvalue weighted by Crippen LogP contribution is 2.15. The molecule has 0 bridgehead atoms. The van der Waals surface area contributed by atoms with Gasteiger partial charge in [0.25, 0.3) is 0 Å². The van der Waals surface area contributed by atoms with Crippen LogP contribution in [0.5, 0.6) is 5.75 Å². The molecule has 2 rings (SSSR count). The SMILES string of the molecule is Cc1nn(C)cc1C(=O)/C=C/c1ccc(OC(C)C)cc1. The Bertz CT molecular complexity index is 652. The maximum Gasteiger partial charge on any atom is 0.189 e. The molecule has 0 saturated carbocycles. The van der Waals surface area contributed by atoms with Crippen LogP contribution in [0.15, 0.2) is 36.5 Å². The number of aromatic nitrogens is 2. The summed E-state index contributed by atoms with van der Waals surface area (Å²) in [6.45, 7) is 5.81. The molecular formula is C17H20N2O2. The number of ketones is 1. The Morgan fingerprint density at radius 1 is 1.29 bits per heavy atom. The van der Waals surface area contributed by atoms with E-state index in [0.717, 1.165) is 17.0 Å². The Hall–Kier alpha value is -2.36. The Kier molecular flexibility index (Phi) is 4.58. The normalized spacial score (nSPS) is 11.3. The highest BCUT2D eigenvalue weighted by atomic mass is 16.5. The number of allylic oxidation sites excluding steroid dienone is 1. The summed E-state index contributed by atoms with van der Waals surface area (Å²) in [5, 5.41) is 4.17. The van der Waals surface area contributed by atoms with Gasteiger partial charge in [-0.1, -0.05) is 18.2 Å². The van der Waals surface area contributed by atoms with Crippen LogP contribution in [0.3, 0.4) is 0 Å². The van der Waals surface area contributed by atoms with Crippen LogP contribution in [-0.2, 0) is 7.05 Å². The van der Waals surface area contributed by atoms with Gasteiger partial charge in [0.15, 0.2) is 5.78 Å². The number of ether oxygens (including phenoxy) is 1. The molecule has 0 atom stereocenters. The zero-order valence-corrected chi connectivity index (χ0v) is 12.8. The van der Waals surface area contributed by atoms with Crippen LogP contribution >= 0.6 is 0 Å². The fraction of sp³-hybridized carbons (Fsp3) is 0.294. The standard InChI is InChI=1S/C17H20N2O2/c1-12(2)21-15-8-5-14(6-9-15)7-10-17(20)16-11-19(4)18-13(16)3/h5-12H,1-4H3/b10-7+. The lowest BCUT2D eigenvalue weighted by Crippen LogP contribution is -2.05. The lowest BCUT2D eigenvalue weighted by Gasteiger charge is -2.09. The van der Waals surface area contributed by atoms with Crippen LogP contribution in [0.2, 0.25) is 0 Å². The number of hydrogen-bond acceptors (Lipinski definition) is 3.